The van der Waals surface area contributed by atoms with Crippen LogP contribution < -0.4 is 0 Å². The zero-order valence-corrected chi connectivity index (χ0v) is 14.5. The predicted octanol–water partition coefficient (Wildman–Crippen LogP) is 4.17. The first-order valence-electron chi connectivity index (χ1n) is 8.73. The lowest BCUT2D eigenvalue weighted by Gasteiger charge is -2.17. The van der Waals surface area contributed by atoms with Gasteiger partial charge >= 0.3 is 0 Å². The van der Waals surface area contributed by atoms with E-state index in [1.165, 1.54) is 0 Å². The summed E-state index contributed by atoms with van der Waals surface area (Å²) in [5, 5.41) is 4.14. The van der Waals surface area contributed by atoms with Crippen molar-refractivity contribution in [1.82, 2.24) is 0 Å². The minimum absolute atomic E-state index is 0.176. The number of hydrogen-bond acceptors (Lipinski definition) is 4. The number of benzene rings is 3. The number of oxime groups is 1. The maximum Gasteiger partial charge on any atom is 0.207 e. The highest BCUT2D eigenvalue weighted by Gasteiger charge is 2.45. The second-order valence-corrected chi connectivity index (χ2v) is 6.31. The normalized spacial score (nSPS) is 18.4. The highest BCUT2D eigenvalue weighted by Crippen LogP contribution is 2.29. The summed E-state index contributed by atoms with van der Waals surface area (Å²) in [6.45, 7) is 0. The van der Waals surface area contributed by atoms with Gasteiger partial charge in [0.2, 0.25) is 11.9 Å². The first-order valence-corrected chi connectivity index (χ1v) is 8.73. The molecule has 0 saturated heterocycles. The van der Waals surface area contributed by atoms with Crippen LogP contribution in [0.5, 0.6) is 0 Å². The third-order valence-corrected chi connectivity index (χ3v) is 4.59. The molecule has 0 amide bonds. The van der Waals surface area contributed by atoms with Crippen LogP contribution in [0, 0.1) is 5.92 Å². The lowest BCUT2D eigenvalue weighted by atomic mass is 9.83. The Kier molecular flexibility index (Phi) is 4.62. The number of carbonyl (C=O) groups excluding carboxylic acids is 2. The Bertz CT molecular complexity index is 982. The van der Waals surface area contributed by atoms with Gasteiger partial charge in [0, 0.05) is 16.7 Å². The second kappa shape index (κ2) is 7.38. The molecule has 3 aromatic rings. The molecule has 1 aliphatic rings. The number of hydrogen-bond donors (Lipinski definition) is 0. The van der Waals surface area contributed by atoms with E-state index < -0.39 is 12.0 Å². The third-order valence-electron chi connectivity index (χ3n) is 4.59. The Labute approximate surface area is 157 Å². The molecular formula is C23H17NO3. The highest BCUT2D eigenvalue weighted by atomic mass is 16.6. The molecule has 0 fully saturated rings. The van der Waals surface area contributed by atoms with Crippen LogP contribution in [0.3, 0.4) is 0 Å². The third kappa shape index (κ3) is 3.29. The lowest BCUT2D eigenvalue weighted by Crippen LogP contribution is -2.37. The van der Waals surface area contributed by atoms with E-state index >= 15 is 0 Å². The standard InChI is InChI=1S/C23H17NO3/c25-21(17-12-6-2-7-13-17)19-20(16-10-4-1-5-11-16)24-27-23(19)22(26)18-14-8-3-9-15-18/h1-15,19,23H/t19-,23+/m0/s1. The number of rotatable bonds is 5. The van der Waals surface area contributed by atoms with E-state index in [0.29, 0.717) is 16.8 Å². The summed E-state index contributed by atoms with van der Waals surface area (Å²) in [6.07, 6.45) is -0.977. The van der Waals surface area contributed by atoms with E-state index in [1.54, 1.807) is 48.5 Å². The van der Waals surface area contributed by atoms with Crippen molar-refractivity contribution in [3.63, 3.8) is 0 Å². The van der Waals surface area contributed by atoms with Crippen molar-refractivity contribution in [3.05, 3.63) is 108 Å². The fourth-order valence-electron chi connectivity index (χ4n) is 3.23. The van der Waals surface area contributed by atoms with Gasteiger partial charge in [-0.2, -0.15) is 0 Å². The summed E-state index contributed by atoms with van der Waals surface area (Å²) >= 11 is 0. The molecule has 0 N–H and O–H groups in total. The molecule has 4 rings (SSSR count). The Morgan fingerprint density at radius 1 is 0.667 bits per heavy atom. The van der Waals surface area contributed by atoms with Crippen molar-refractivity contribution < 1.29 is 14.4 Å². The van der Waals surface area contributed by atoms with Crippen LogP contribution in [0.25, 0.3) is 0 Å². The maximum absolute atomic E-state index is 13.3. The Morgan fingerprint density at radius 2 is 1.15 bits per heavy atom. The molecule has 4 heteroatoms. The SMILES string of the molecule is O=C(c1ccccc1)[C@@H]1C(c2ccccc2)=NO[C@H]1C(=O)c1ccccc1. The smallest absolute Gasteiger partial charge is 0.207 e. The van der Waals surface area contributed by atoms with Gasteiger partial charge < -0.3 is 4.84 Å². The van der Waals surface area contributed by atoms with Crippen LogP contribution in [-0.2, 0) is 4.84 Å². The summed E-state index contributed by atoms with van der Waals surface area (Å²) in [7, 11) is 0. The average Bonchev–Trinajstić information content (AvgIpc) is 3.19. The largest absolute Gasteiger partial charge is 0.383 e. The maximum atomic E-state index is 13.3. The van der Waals surface area contributed by atoms with E-state index in [9.17, 15) is 9.59 Å². The van der Waals surface area contributed by atoms with E-state index in [-0.39, 0.29) is 11.6 Å². The first kappa shape index (κ1) is 16.9. The molecule has 0 saturated carbocycles. The van der Waals surface area contributed by atoms with Crippen LogP contribution in [0.1, 0.15) is 26.3 Å². The molecular weight excluding hydrogens is 338 g/mol. The van der Waals surface area contributed by atoms with Crippen molar-refractivity contribution >= 4 is 17.3 Å². The monoisotopic (exact) mass is 355 g/mol. The molecule has 0 spiro atoms. The molecule has 27 heavy (non-hydrogen) atoms. The summed E-state index contributed by atoms with van der Waals surface area (Å²) in [6, 6.07) is 27.1. The number of ketones is 2. The van der Waals surface area contributed by atoms with Gasteiger partial charge in [0.1, 0.15) is 11.6 Å². The molecule has 3 aromatic carbocycles. The molecule has 0 aliphatic carbocycles. The number of nitrogens with zero attached hydrogens (tertiary/aromatic N) is 1. The van der Waals surface area contributed by atoms with Crippen molar-refractivity contribution in [3.8, 4) is 0 Å². The highest BCUT2D eigenvalue weighted by molar-refractivity contribution is 6.22. The van der Waals surface area contributed by atoms with Crippen LogP contribution >= 0.6 is 0 Å². The summed E-state index contributed by atoms with van der Waals surface area (Å²) in [5.41, 5.74) is 2.29. The van der Waals surface area contributed by atoms with Gasteiger partial charge in [0.25, 0.3) is 0 Å². The minimum Gasteiger partial charge on any atom is -0.383 e. The topological polar surface area (TPSA) is 55.7 Å². The molecule has 0 radical (unpaired) electrons. The fourth-order valence-corrected chi connectivity index (χ4v) is 3.23. The van der Waals surface area contributed by atoms with E-state index in [4.69, 9.17) is 4.84 Å². The zero-order valence-electron chi connectivity index (χ0n) is 14.5. The van der Waals surface area contributed by atoms with E-state index in [1.807, 2.05) is 42.5 Å². The van der Waals surface area contributed by atoms with Crippen molar-refractivity contribution in [2.45, 2.75) is 6.10 Å². The molecule has 132 valence electrons. The molecule has 0 bridgehead atoms. The van der Waals surface area contributed by atoms with Crippen molar-refractivity contribution in [2.75, 3.05) is 0 Å². The van der Waals surface area contributed by atoms with Gasteiger partial charge in [-0.05, 0) is 0 Å². The number of carbonyl (C=O) groups is 2. The molecule has 4 nitrogen and oxygen atoms in total. The van der Waals surface area contributed by atoms with Gasteiger partial charge in [-0.3, -0.25) is 9.59 Å². The van der Waals surface area contributed by atoms with Crippen LogP contribution in [0.2, 0.25) is 0 Å². The van der Waals surface area contributed by atoms with Gasteiger partial charge in [-0.25, -0.2) is 0 Å². The Balaban J connectivity index is 1.74. The average molecular weight is 355 g/mol. The second-order valence-electron chi connectivity index (χ2n) is 6.31. The molecule has 2 atom stereocenters. The fraction of sp³-hybridized carbons (Fsp3) is 0.0870. The number of Topliss-reactive ketones (excluding diaryl/α,β-unsaturated/α-hetero) is 2. The summed E-state index contributed by atoms with van der Waals surface area (Å²) in [5.74, 6) is -1.22. The van der Waals surface area contributed by atoms with Gasteiger partial charge in [-0.15, -0.1) is 0 Å². The van der Waals surface area contributed by atoms with E-state index in [2.05, 4.69) is 5.16 Å². The van der Waals surface area contributed by atoms with Crippen molar-refractivity contribution in [2.24, 2.45) is 11.1 Å². The van der Waals surface area contributed by atoms with Crippen LogP contribution in [0.15, 0.2) is 96.2 Å². The van der Waals surface area contributed by atoms with Gasteiger partial charge in [0.15, 0.2) is 5.78 Å². The minimum atomic E-state index is -0.977. The van der Waals surface area contributed by atoms with Gasteiger partial charge in [-0.1, -0.05) is 96.2 Å². The zero-order chi connectivity index (χ0) is 18.6. The Hall–Kier alpha value is -3.53. The van der Waals surface area contributed by atoms with Crippen LogP contribution in [-0.4, -0.2) is 23.4 Å². The van der Waals surface area contributed by atoms with Gasteiger partial charge in [0.05, 0.1) is 0 Å². The molecule has 1 heterocycles. The van der Waals surface area contributed by atoms with Crippen molar-refractivity contribution in [1.29, 1.82) is 0 Å². The Morgan fingerprint density at radius 3 is 1.70 bits per heavy atom. The molecule has 0 aromatic heterocycles. The molecule has 0 unspecified atom stereocenters. The quantitative estimate of drug-likeness (QED) is 0.646. The van der Waals surface area contributed by atoms with E-state index in [0.717, 1.165) is 5.56 Å². The lowest BCUT2D eigenvalue weighted by molar-refractivity contribution is 0.0424. The summed E-state index contributed by atoms with van der Waals surface area (Å²) < 4.78 is 0. The van der Waals surface area contributed by atoms with Crippen LogP contribution in [0.4, 0.5) is 0 Å². The molecule has 1 aliphatic heterocycles. The first-order chi connectivity index (χ1) is 13.3. The predicted molar refractivity (Wildman–Crippen MR) is 103 cm³/mol. The summed E-state index contributed by atoms with van der Waals surface area (Å²) in [4.78, 5) is 31.8.